The molecular formula is C20H12BrFN2O2. The Morgan fingerprint density at radius 2 is 1.88 bits per heavy atom. The third-order valence-electron chi connectivity index (χ3n) is 3.84. The van der Waals surface area contributed by atoms with Crippen LogP contribution in [0.1, 0.15) is 10.4 Å². The van der Waals surface area contributed by atoms with Gasteiger partial charge in [-0.3, -0.25) is 4.79 Å². The number of fused-ring (bicyclic) bond motifs is 1. The zero-order valence-electron chi connectivity index (χ0n) is 13.4. The lowest BCUT2D eigenvalue weighted by Gasteiger charge is -2.05. The molecule has 0 fully saturated rings. The number of carbonyl (C=O) groups excluding carboxylic acids is 1. The Kier molecular flexibility index (Phi) is 4.26. The van der Waals surface area contributed by atoms with Gasteiger partial charge in [0.2, 0.25) is 5.89 Å². The number of halogens is 2. The molecular weight excluding hydrogens is 399 g/mol. The summed E-state index contributed by atoms with van der Waals surface area (Å²) >= 11 is 3.42. The predicted octanol–water partition coefficient (Wildman–Crippen LogP) is 5.65. The van der Waals surface area contributed by atoms with Crippen molar-refractivity contribution in [1.29, 1.82) is 0 Å². The Morgan fingerprint density at radius 3 is 2.69 bits per heavy atom. The molecule has 1 N–H and O–H groups in total. The summed E-state index contributed by atoms with van der Waals surface area (Å²) in [6, 6.07) is 18.6. The Labute approximate surface area is 156 Å². The van der Waals surface area contributed by atoms with Crippen LogP contribution in [0, 0.1) is 5.82 Å². The smallest absolute Gasteiger partial charge is 0.258 e. The molecule has 4 aromatic rings. The standard InChI is InChI=1S/C20H12BrFN2O2/c21-13-5-3-4-12(10-13)20-24-17-11-14(8-9-18(17)26-20)23-19(25)15-6-1-2-7-16(15)22/h1-11H,(H,23,25). The van der Waals surface area contributed by atoms with E-state index in [0.29, 0.717) is 22.7 Å². The summed E-state index contributed by atoms with van der Waals surface area (Å²) in [5, 5.41) is 2.68. The highest BCUT2D eigenvalue weighted by atomic mass is 79.9. The van der Waals surface area contributed by atoms with Gasteiger partial charge in [-0.05, 0) is 48.5 Å². The summed E-state index contributed by atoms with van der Waals surface area (Å²) in [5.74, 6) is -0.596. The van der Waals surface area contributed by atoms with E-state index in [1.54, 1.807) is 24.3 Å². The second-order valence-electron chi connectivity index (χ2n) is 5.65. The largest absolute Gasteiger partial charge is 0.436 e. The number of nitrogens with one attached hydrogen (secondary N) is 1. The molecule has 1 aromatic heterocycles. The van der Waals surface area contributed by atoms with E-state index in [0.717, 1.165) is 10.0 Å². The van der Waals surface area contributed by atoms with Gasteiger partial charge in [0, 0.05) is 15.7 Å². The van der Waals surface area contributed by atoms with Crippen molar-refractivity contribution in [2.75, 3.05) is 5.32 Å². The van der Waals surface area contributed by atoms with Crippen molar-refractivity contribution >= 4 is 38.6 Å². The molecule has 0 spiro atoms. The highest BCUT2D eigenvalue weighted by molar-refractivity contribution is 9.10. The summed E-state index contributed by atoms with van der Waals surface area (Å²) in [6.45, 7) is 0. The minimum atomic E-state index is -0.565. The molecule has 128 valence electrons. The number of rotatable bonds is 3. The summed E-state index contributed by atoms with van der Waals surface area (Å²) in [5.41, 5.74) is 2.55. The lowest BCUT2D eigenvalue weighted by Crippen LogP contribution is -2.13. The number of hydrogen-bond acceptors (Lipinski definition) is 3. The summed E-state index contributed by atoms with van der Waals surface area (Å²) in [6.07, 6.45) is 0. The maximum Gasteiger partial charge on any atom is 0.258 e. The van der Waals surface area contributed by atoms with Crippen molar-refractivity contribution in [1.82, 2.24) is 4.98 Å². The highest BCUT2D eigenvalue weighted by Crippen LogP contribution is 2.28. The third kappa shape index (κ3) is 3.23. The van der Waals surface area contributed by atoms with Gasteiger partial charge in [0.05, 0.1) is 5.56 Å². The van der Waals surface area contributed by atoms with Crippen molar-refractivity contribution in [2.45, 2.75) is 0 Å². The van der Waals surface area contributed by atoms with Crippen LogP contribution in [0.3, 0.4) is 0 Å². The van der Waals surface area contributed by atoms with Gasteiger partial charge in [0.25, 0.3) is 5.91 Å². The van der Waals surface area contributed by atoms with Gasteiger partial charge in [-0.25, -0.2) is 9.37 Å². The molecule has 4 nitrogen and oxygen atoms in total. The second kappa shape index (κ2) is 6.72. The van der Waals surface area contributed by atoms with Crippen LogP contribution in [0.4, 0.5) is 10.1 Å². The van der Waals surface area contributed by atoms with E-state index < -0.39 is 11.7 Å². The fourth-order valence-corrected chi connectivity index (χ4v) is 2.99. The Hall–Kier alpha value is -2.99. The molecule has 0 saturated carbocycles. The van der Waals surface area contributed by atoms with E-state index in [1.807, 2.05) is 24.3 Å². The minimum absolute atomic E-state index is 0.0115. The zero-order chi connectivity index (χ0) is 18.1. The van der Waals surface area contributed by atoms with Gasteiger partial charge < -0.3 is 9.73 Å². The average Bonchev–Trinajstić information content (AvgIpc) is 3.05. The number of amides is 1. The maximum absolute atomic E-state index is 13.7. The van der Waals surface area contributed by atoms with Gasteiger partial charge in [-0.15, -0.1) is 0 Å². The fraction of sp³-hybridized carbons (Fsp3) is 0. The maximum atomic E-state index is 13.7. The quantitative estimate of drug-likeness (QED) is 0.474. The van der Waals surface area contributed by atoms with Crippen molar-refractivity contribution in [3.63, 3.8) is 0 Å². The van der Waals surface area contributed by atoms with Crippen LogP contribution in [0.2, 0.25) is 0 Å². The number of benzene rings is 3. The molecule has 0 aliphatic carbocycles. The van der Waals surface area contributed by atoms with Crippen LogP contribution in [0.15, 0.2) is 75.6 Å². The first-order valence-electron chi connectivity index (χ1n) is 7.82. The second-order valence-corrected chi connectivity index (χ2v) is 6.56. The number of nitrogens with zero attached hydrogens (tertiary/aromatic N) is 1. The van der Waals surface area contributed by atoms with Crippen molar-refractivity contribution in [3.05, 3.63) is 82.6 Å². The highest BCUT2D eigenvalue weighted by Gasteiger charge is 2.13. The first-order valence-corrected chi connectivity index (χ1v) is 8.62. The molecule has 3 aromatic carbocycles. The normalized spacial score (nSPS) is 10.8. The molecule has 0 unspecified atom stereocenters. The molecule has 0 bridgehead atoms. The Bertz CT molecular complexity index is 1120. The molecule has 0 atom stereocenters. The van der Waals surface area contributed by atoms with Gasteiger partial charge >= 0.3 is 0 Å². The molecule has 26 heavy (non-hydrogen) atoms. The fourth-order valence-electron chi connectivity index (χ4n) is 2.59. The number of anilines is 1. The Balaban J connectivity index is 1.64. The zero-order valence-corrected chi connectivity index (χ0v) is 15.0. The van der Waals surface area contributed by atoms with Crippen LogP contribution < -0.4 is 5.32 Å². The first-order chi connectivity index (χ1) is 12.6. The Morgan fingerprint density at radius 1 is 1.04 bits per heavy atom. The first kappa shape index (κ1) is 16.5. The number of carbonyl (C=O) groups is 1. The van der Waals surface area contributed by atoms with Crippen LogP contribution in [-0.4, -0.2) is 10.9 Å². The summed E-state index contributed by atoms with van der Waals surface area (Å²) in [4.78, 5) is 16.7. The lowest BCUT2D eigenvalue weighted by atomic mass is 10.2. The molecule has 4 rings (SSSR count). The molecule has 1 amide bonds. The SMILES string of the molecule is O=C(Nc1ccc2oc(-c3cccc(Br)c3)nc2c1)c1ccccc1F. The number of aromatic nitrogens is 1. The van der Waals surface area contributed by atoms with E-state index in [1.165, 1.54) is 18.2 Å². The van der Waals surface area contributed by atoms with Crippen LogP contribution in [0.5, 0.6) is 0 Å². The van der Waals surface area contributed by atoms with Gasteiger partial charge in [-0.2, -0.15) is 0 Å². The molecule has 0 aliphatic rings. The summed E-state index contributed by atoms with van der Waals surface area (Å²) < 4.78 is 20.4. The van der Waals surface area contributed by atoms with Crippen molar-refractivity contribution in [2.24, 2.45) is 0 Å². The van der Waals surface area contributed by atoms with E-state index >= 15 is 0 Å². The van der Waals surface area contributed by atoms with Gasteiger partial charge in [0.15, 0.2) is 5.58 Å². The van der Waals surface area contributed by atoms with Gasteiger partial charge in [-0.1, -0.05) is 34.1 Å². The lowest BCUT2D eigenvalue weighted by molar-refractivity contribution is 0.102. The van der Waals surface area contributed by atoms with Crippen molar-refractivity contribution in [3.8, 4) is 11.5 Å². The van der Waals surface area contributed by atoms with Crippen LogP contribution >= 0.6 is 15.9 Å². The summed E-state index contributed by atoms with van der Waals surface area (Å²) in [7, 11) is 0. The predicted molar refractivity (Wildman–Crippen MR) is 101 cm³/mol. The average molecular weight is 411 g/mol. The van der Waals surface area contributed by atoms with E-state index in [4.69, 9.17) is 4.42 Å². The minimum Gasteiger partial charge on any atom is -0.436 e. The molecule has 0 radical (unpaired) electrons. The topological polar surface area (TPSA) is 55.1 Å². The molecule has 6 heteroatoms. The molecule has 0 saturated heterocycles. The van der Waals surface area contributed by atoms with E-state index in [2.05, 4.69) is 26.2 Å². The van der Waals surface area contributed by atoms with E-state index in [-0.39, 0.29) is 5.56 Å². The van der Waals surface area contributed by atoms with E-state index in [9.17, 15) is 9.18 Å². The number of hydrogen-bond donors (Lipinski definition) is 1. The van der Waals surface area contributed by atoms with Crippen molar-refractivity contribution < 1.29 is 13.6 Å². The third-order valence-corrected chi connectivity index (χ3v) is 4.33. The van der Waals surface area contributed by atoms with Crippen LogP contribution in [0.25, 0.3) is 22.6 Å². The molecule has 0 aliphatic heterocycles. The molecule has 1 heterocycles. The monoisotopic (exact) mass is 410 g/mol. The van der Waals surface area contributed by atoms with Gasteiger partial charge in [0.1, 0.15) is 11.3 Å². The van der Waals surface area contributed by atoms with Crippen LogP contribution in [-0.2, 0) is 0 Å². The number of oxazole rings is 1.